The monoisotopic (exact) mass is 396 g/mol. The number of carbonyl (C=O) groups excluding carboxylic acids is 2. The molecule has 0 atom stereocenters. The van der Waals surface area contributed by atoms with Gasteiger partial charge in [-0.1, -0.05) is 41.6 Å². The summed E-state index contributed by atoms with van der Waals surface area (Å²) in [7, 11) is 1.26. The second kappa shape index (κ2) is 8.39. The topological polar surface area (TPSA) is 78.3 Å². The van der Waals surface area contributed by atoms with Gasteiger partial charge in [-0.15, -0.1) is 0 Å². The first-order valence-electron chi connectivity index (χ1n) is 8.70. The Kier molecular flexibility index (Phi) is 5.94. The van der Waals surface area contributed by atoms with Crippen LogP contribution in [0.3, 0.4) is 0 Å². The highest BCUT2D eigenvalue weighted by molar-refractivity contribution is 7.99. The number of para-hydroxylation sites is 1. The van der Waals surface area contributed by atoms with Crippen LogP contribution in [-0.4, -0.2) is 34.2 Å². The van der Waals surface area contributed by atoms with Crippen LogP contribution in [0.1, 0.15) is 21.5 Å². The number of carbonyl (C=O) groups is 2. The van der Waals surface area contributed by atoms with Gasteiger partial charge in [0.05, 0.1) is 23.8 Å². The van der Waals surface area contributed by atoms with E-state index >= 15 is 0 Å². The molecule has 0 saturated heterocycles. The molecule has 3 aromatic rings. The molecule has 1 aromatic heterocycles. The van der Waals surface area contributed by atoms with Crippen molar-refractivity contribution >= 4 is 34.4 Å². The first-order chi connectivity index (χ1) is 13.4. The minimum atomic E-state index is -0.554. The van der Waals surface area contributed by atoms with E-state index in [0.29, 0.717) is 21.6 Å². The maximum Gasteiger partial charge on any atom is 0.325 e. The number of hydrogen-bond donors (Lipinski definition) is 0. The Morgan fingerprint density at radius 1 is 1.14 bits per heavy atom. The summed E-state index contributed by atoms with van der Waals surface area (Å²) in [6.45, 7) is 3.56. The molecule has 6 nitrogen and oxygen atoms in total. The number of benzene rings is 2. The predicted octanol–water partition coefficient (Wildman–Crippen LogP) is 3.16. The molecule has 0 bridgehead atoms. The zero-order valence-electron chi connectivity index (χ0n) is 15.9. The summed E-state index contributed by atoms with van der Waals surface area (Å²) >= 11 is 1.14. The van der Waals surface area contributed by atoms with Crippen molar-refractivity contribution in [3.63, 3.8) is 0 Å². The fourth-order valence-corrected chi connectivity index (χ4v) is 3.72. The number of ether oxygens (including phenoxy) is 1. The Balaban J connectivity index is 1.96. The quantitative estimate of drug-likeness (QED) is 0.276. The fourth-order valence-electron chi connectivity index (χ4n) is 2.84. The number of fused-ring (bicyclic) bond motifs is 1. The zero-order chi connectivity index (χ0) is 20.3. The highest BCUT2D eigenvalue weighted by atomic mass is 32.2. The van der Waals surface area contributed by atoms with E-state index in [0.717, 1.165) is 22.9 Å². The lowest BCUT2D eigenvalue weighted by Crippen LogP contribution is -2.27. The Morgan fingerprint density at radius 3 is 2.64 bits per heavy atom. The third-order valence-corrected chi connectivity index (χ3v) is 5.34. The average Bonchev–Trinajstić information content (AvgIpc) is 2.70. The number of esters is 1. The molecule has 0 spiro atoms. The Bertz CT molecular complexity index is 1120. The molecule has 0 N–H and O–H groups in total. The van der Waals surface area contributed by atoms with Crippen LogP contribution in [-0.2, 0) is 16.1 Å². The van der Waals surface area contributed by atoms with Crippen molar-refractivity contribution in [2.75, 3.05) is 12.9 Å². The van der Waals surface area contributed by atoms with Gasteiger partial charge in [0.25, 0.3) is 5.56 Å². The summed E-state index contributed by atoms with van der Waals surface area (Å²) < 4.78 is 5.96. The van der Waals surface area contributed by atoms with Crippen molar-refractivity contribution < 1.29 is 14.3 Å². The number of aryl methyl sites for hydroxylation is 2. The van der Waals surface area contributed by atoms with Gasteiger partial charge < -0.3 is 4.74 Å². The summed E-state index contributed by atoms with van der Waals surface area (Å²) in [6, 6.07) is 12.6. The van der Waals surface area contributed by atoms with Crippen LogP contribution in [0, 0.1) is 13.8 Å². The van der Waals surface area contributed by atoms with Gasteiger partial charge >= 0.3 is 5.97 Å². The molecule has 0 aliphatic carbocycles. The Morgan fingerprint density at radius 2 is 1.89 bits per heavy atom. The smallest absolute Gasteiger partial charge is 0.325 e. The van der Waals surface area contributed by atoms with Crippen molar-refractivity contribution in [1.29, 1.82) is 0 Å². The van der Waals surface area contributed by atoms with E-state index in [2.05, 4.69) is 4.98 Å². The highest BCUT2D eigenvalue weighted by Gasteiger charge is 2.17. The van der Waals surface area contributed by atoms with Gasteiger partial charge in [0.15, 0.2) is 10.9 Å². The zero-order valence-corrected chi connectivity index (χ0v) is 16.7. The number of rotatable bonds is 6. The first kappa shape index (κ1) is 19.8. The molecule has 0 unspecified atom stereocenters. The molecule has 0 radical (unpaired) electrons. The molecular formula is C21H20N2O4S. The maximum atomic E-state index is 12.8. The van der Waals surface area contributed by atoms with E-state index in [9.17, 15) is 14.4 Å². The van der Waals surface area contributed by atoms with Crippen molar-refractivity contribution in [2.45, 2.75) is 25.5 Å². The molecule has 1 heterocycles. The second-order valence-electron chi connectivity index (χ2n) is 6.41. The maximum absolute atomic E-state index is 12.8. The molecule has 144 valence electrons. The molecule has 0 amide bonds. The number of ketones is 1. The summed E-state index contributed by atoms with van der Waals surface area (Å²) in [5.74, 6) is -0.504. The van der Waals surface area contributed by atoms with Crippen LogP contribution in [0.25, 0.3) is 10.9 Å². The first-order valence-corrected chi connectivity index (χ1v) is 9.69. The van der Waals surface area contributed by atoms with Gasteiger partial charge in [-0.2, -0.15) is 0 Å². The third kappa shape index (κ3) is 4.14. The van der Waals surface area contributed by atoms with E-state index in [1.54, 1.807) is 24.3 Å². The number of Topliss-reactive ketones (excluding diaryl/α,β-unsaturated/α-hetero) is 1. The largest absolute Gasteiger partial charge is 0.468 e. The molecule has 0 fully saturated rings. The van der Waals surface area contributed by atoms with Crippen molar-refractivity contribution in [3.05, 3.63) is 69.5 Å². The van der Waals surface area contributed by atoms with Gasteiger partial charge in [0.2, 0.25) is 0 Å². The average molecular weight is 396 g/mol. The lowest BCUT2D eigenvalue weighted by molar-refractivity contribution is -0.141. The number of methoxy groups -OCH3 is 1. The number of aromatic nitrogens is 2. The number of hydrogen-bond acceptors (Lipinski definition) is 6. The standard InChI is InChI=1S/C21H20N2O4S/c1-13-8-9-14(2)16(10-13)18(24)12-28-21-22-17-7-5-4-6-15(17)20(26)23(21)11-19(25)27-3/h4-10H,11-12H2,1-3H3. The minimum Gasteiger partial charge on any atom is -0.468 e. The summed E-state index contributed by atoms with van der Waals surface area (Å²) in [5.41, 5.74) is 2.74. The van der Waals surface area contributed by atoms with E-state index in [4.69, 9.17) is 4.74 Å². The molecule has 0 aliphatic heterocycles. The van der Waals surface area contributed by atoms with E-state index in [1.165, 1.54) is 11.7 Å². The van der Waals surface area contributed by atoms with Crippen molar-refractivity contribution in [2.24, 2.45) is 0 Å². The van der Waals surface area contributed by atoms with Crippen molar-refractivity contribution in [3.8, 4) is 0 Å². The second-order valence-corrected chi connectivity index (χ2v) is 7.35. The summed E-state index contributed by atoms with van der Waals surface area (Å²) in [6.07, 6.45) is 0. The molecule has 2 aromatic carbocycles. The lowest BCUT2D eigenvalue weighted by Gasteiger charge is -2.12. The van der Waals surface area contributed by atoms with Gasteiger partial charge in [-0.05, 0) is 37.6 Å². The van der Waals surface area contributed by atoms with Crippen LogP contribution in [0.2, 0.25) is 0 Å². The molecular weight excluding hydrogens is 376 g/mol. The molecule has 3 rings (SSSR count). The van der Waals surface area contributed by atoms with E-state index in [1.807, 2.05) is 32.0 Å². The van der Waals surface area contributed by atoms with Crippen LogP contribution in [0.15, 0.2) is 52.4 Å². The summed E-state index contributed by atoms with van der Waals surface area (Å²) in [4.78, 5) is 41.8. The third-order valence-electron chi connectivity index (χ3n) is 4.37. The van der Waals surface area contributed by atoms with Gasteiger partial charge in [-0.25, -0.2) is 4.98 Å². The summed E-state index contributed by atoms with van der Waals surface area (Å²) in [5, 5.41) is 0.726. The van der Waals surface area contributed by atoms with Crippen LogP contribution in [0.5, 0.6) is 0 Å². The normalized spacial score (nSPS) is 10.8. The number of thioether (sulfide) groups is 1. The van der Waals surface area contributed by atoms with Crippen molar-refractivity contribution in [1.82, 2.24) is 9.55 Å². The Labute approximate surface area is 166 Å². The Hall–Kier alpha value is -2.93. The number of nitrogens with zero attached hydrogens (tertiary/aromatic N) is 2. The van der Waals surface area contributed by atoms with Gasteiger partial charge in [0.1, 0.15) is 6.54 Å². The molecule has 7 heteroatoms. The van der Waals surface area contributed by atoms with Gasteiger partial charge in [-0.3, -0.25) is 19.0 Å². The molecule has 0 aliphatic rings. The molecule has 28 heavy (non-hydrogen) atoms. The van der Waals surface area contributed by atoms with Gasteiger partial charge in [0, 0.05) is 5.56 Å². The molecule has 0 saturated carbocycles. The van der Waals surface area contributed by atoms with E-state index in [-0.39, 0.29) is 23.6 Å². The SMILES string of the molecule is COC(=O)Cn1c(SCC(=O)c2cc(C)ccc2C)nc2ccccc2c1=O. The van der Waals surface area contributed by atoms with Crippen LogP contribution >= 0.6 is 11.8 Å². The fraction of sp³-hybridized carbons (Fsp3) is 0.238. The van der Waals surface area contributed by atoms with Crippen LogP contribution < -0.4 is 5.56 Å². The highest BCUT2D eigenvalue weighted by Crippen LogP contribution is 2.21. The minimum absolute atomic E-state index is 0.0572. The van der Waals surface area contributed by atoms with Crippen LogP contribution in [0.4, 0.5) is 0 Å². The lowest BCUT2D eigenvalue weighted by atomic mass is 10.0. The predicted molar refractivity (Wildman–Crippen MR) is 109 cm³/mol. The van der Waals surface area contributed by atoms with E-state index < -0.39 is 5.97 Å².